The van der Waals surface area contributed by atoms with Crippen molar-refractivity contribution in [3.05, 3.63) is 35.4 Å². The van der Waals surface area contributed by atoms with E-state index in [2.05, 4.69) is 31.1 Å². The van der Waals surface area contributed by atoms with Crippen LogP contribution in [0.4, 0.5) is 0 Å². The van der Waals surface area contributed by atoms with Gasteiger partial charge in [-0.05, 0) is 30.4 Å². The number of benzene rings is 1. The van der Waals surface area contributed by atoms with E-state index in [0.29, 0.717) is 12.5 Å². The summed E-state index contributed by atoms with van der Waals surface area (Å²) >= 11 is 0. The Morgan fingerprint density at radius 3 is 2.32 bits per heavy atom. The lowest BCUT2D eigenvalue weighted by atomic mass is 10.0. The molecule has 1 aromatic rings. The number of guanidine groups is 1. The molecule has 0 aliphatic heterocycles. The van der Waals surface area contributed by atoms with Crippen LogP contribution in [0.1, 0.15) is 51.2 Å². The summed E-state index contributed by atoms with van der Waals surface area (Å²) in [6.07, 6.45) is 4.67. The average Bonchev–Trinajstić information content (AvgIpc) is 2.44. The molecule has 0 saturated carbocycles. The molecule has 0 saturated heterocycles. The zero-order valence-electron chi connectivity index (χ0n) is 15.7. The van der Waals surface area contributed by atoms with Gasteiger partial charge in [0.15, 0.2) is 15.8 Å². The number of sulfone groups is 1. The molecular formula is C18H32IN3O2S. The van der Waals surface area contributed by atoms with Crippen LogP contribution in [0.25, 0.3) is 0 Å². The Kier molecular flexibility index (Phi) is 11.3. The van der Waals surface area contributed by atoms with Crippen molar-refractivity contribution < 1.29 is 8.42 Å². The highest BCUT2D eigenvalue weighted by atomic mass is 127. The molecule has 5 nitrogen and oxygen atoms in total. The lowest BCUT2D eigenvalue weighted by Crippen LogP contribution is -2.38. The summed E-state index contributed by atoms with van der Waals surface area (Å²) in [4.78, 5) is 4.36. The van der Waals surface area contributed by atoms with E-state index in [0.717, 1.165) is 29.9 Å². The van der Waals surface area contributed by atoms with Crippen LogP contribution < -0.4 is 11.1 Å². The molecule has 0 aromatic heterocycles. The van der Waals surface area contributed by atoms with Gasteiger partial charge in [-0.1, -0.05) is 51.0 Å². The van der Waals surface area contributed by atoms with Crippen LogP contribution >= 0.6 is 24.0 Å². The smallest absolute Gasteiger partial charge is 0.189 e. The molecule has 3 N–H and O–H groups in total. The van der Waals surface area contributed by atoms with Crippen molar-refractivity contribution in [2.75, 3.05) is 6.26 Å². The van der Waals surface area contributed by atoms with Gasteiger partial charge in [0.05, 0.1) is 12.3 Å². The summed E-state index contributed by atoms with van der Waals surface area (Å²) in [6.45, 7) is 6.92. The molecule has 1 aromatic carbocycles. The topological polar surface area (TPSA) is 84.5 Å². The minimum atomic E-state index is -3.07. The fourth-order valence-corrected chi connectivity index (χ4v) is 3.35. The molecule has 0 bridgehead atoms. The lowest BCUT2D eigenvalue weighted by Gasteiger charge is -2.15. The molecule has 25 heavy (non-hydrogen) atoms. The van der Waals surface area contributed by atoms with Crippen LogP contribution in [0.2, 0.25) is 0 Å². The lowest BCUT2D eigenvalue weighted by molar-refractivity contribution is 0.493. The van der Waals surface area contributed by atoms with E-state index in [-0.39, 0.29) is 35.8 Å². The first-order valence-electron chi connectivity index (χ1n) is 8.48. The van der Waals surface area contributed by atoms with Gasteiger partial charge in [-0.2, -0.15) is 0 Å². The van der Waals surface area contributed by atoms with Crippen LogP contribution in [0.3, 0.4) is 0 Å². The van der Waals surface area contributed by atoms with Crippen molar-refractivity contribution >= 4 is 39.8 Å². The molecule has 0 aliphatic rings. The fourth-order valence-electron chi connectivity index (χ4n) is 2.51. The highest BCUT2D eigenvalue weighted by Gasteiger charge is 2.09. The standard InChI is InChI=1S/C18H31N3O2S.HI/c1-14(2)8-7-9-15(3)21-18(19)20-12-16-10-5-6-11-17(16)13-24(4,22)23;/h5-6,10-11,14-15H,7-9,12-13H2,1-4H3,(H3,19,20,21);1H. The number of nitrogens with one attached hydrogen (secondary N) is 1. The Bertz CT molecular complexity index is 645. The third-order valence-corrected chi connectivity index (χ3v) is 4.60. The van der Waals surface area contributed by atoms with Gasteiger partial charge in [0.1, 0.15) is 0 Å². The molecule has 1 rings (SSSR count). The maximum absolute atomic E-state index is 11.5. The van der Waals surface area contributed by atoms with Gasteiger partial charge < -0.3 is 11.1 Å². The zero-order chi connectivity index (χ0) is 18.2. The van der Waals surface area contributed by atoms with E-state index in [1.165, 1.54) is 12.7 Å². The number of hydrogen-bond donors (Lipinski definition) is 2. The Balaban J connectivity index is 0.00000576. The first-order valence-corrected chi connectivity index (χ1v) is 10.5. The number of halogens is 1. The maximum atomic E-state index is 11.5. The zero-order valence-corrected chi connectivity index (χ0v) is 18.8. The normalized spacial score (nSPS) is 13.4. The number of nitrogens with two attached hydrogens (primary N) is 1. The Morgan fingerprint density at radius 1 is 1.16 bits per heavy atom. The van der Waals surface area contributed by atoms with Crippen molar-refractivity contribution in [1.29, 1.82) is 0 Å². The molecular weight excluding hydrogens is 449 g/mol. The van der Waals surface area contributed by atoms with Crippen LogP contribution in [0, 0.1) is 5.92 Å². The van der Waals surface area contributed by atoms with Crippen molar-refractivity contribution in [2.45, 2.75) is 58.4 Å². The average molecular weight is 481 g/mol. The van der Waals surface area contributed by atoms with Gasteiger partial charge in [-0.25, -0.2) is 13.4 Å². The van der Waals surface area contributed by atoms with Crippen molar-refractivity contribution in [2.24, 2.45) is 16.6 Å². The van der Waals surface area contributed by atoms with Gasteiger partial charge in [0, 0.05) is 12.3 Å². The molecule has 7 heteroatoms. The Hall–Kier alpha value is -0.830. The number of nitrogens with zero attached hydrogens (tertiary/aromatic N) is 1. The predicted molar refractivity (Wildman–Crippen MR) is 117 cm³/mol. The van der Waals surface area contributed by atoms with E-state index >= 15 is 0 Å². The van der Waals surface area contributed by atoms with Gasteiger partial charge >= 0.3 is 0 Å². The number of hydrogen-bond acceptors (Lipinski definition) is 3. The monoisotopic (exact) mass is 481 g/mol. The molecule has 144 valence electrons. The Morgan fingerprint density at radius 2 is 1.76 bits per heavy atom. The van der Waals surface area contributed by atoms with Crippen LogP contribution in [0.15, 0.2) is 29.3 Å². The molecule has 0 amide bonds. The summed E-state index contributed by atoms with van der Waals surface area (Å²) in [7, 11) is -3.07. The SMILES string of the molecule is CC(C)CCCC(C)NC(N)=NCc1ccccc1CS(C)(=O)=O.I. The minimum Gasteiger partial charge on any atom is -0.370 e. The van der Waals surface area contributed by atoms with Gasteiger partial charge in [-0.15, -0.1) is 24.0 Å². The molecule has 0 spiro atoms. The second-order valence-corrected chi connectivity index (χ2v) is 9.05. The number of rotatable bonds is 9. The summed E-state index contributed by atoms with van der Waals surface area (Å²) < 4.78 is 23.0. The third kappa shape index (κ3) is 11.4. The van der Waals surface area contributed by atoms with E-state index in [1.807, 2.05) is 24.3 Å². The van der Waals surface area contributed by atoms with Crippen molar-refractivity contribution in [3.8, 4) is 0 Å². The molecule has 0 heterocycles. The maximum Gasteiger partial charge on any atom is 0.189 e. The summed E-state index contributed by atoms with van der Waals surface area (Å²) in [5.41, 5.74) is 7.62. The van der Waals surface area contributed by atoms with Crippen LogP contribution in [0.5, 0.6) is 0 Å². The highest BCUT2D eigenvalue weighted by molar-refractivity contribution is 14.0. The molecule has 1 unspecified atom stereocenters. The summed E-state index contributed by atoms with van der Waals surface area (Å²) in [5, 5.41) is 3.20. The molecule has 0 aliphatic carbocycles. The molecule has 0 radical (unpaired) electrons. The summed E-state index contributed by atoms with van der Waals surface area (Å²) in [5.74, 6) is 1.15. The van der Waals surface area contributed by atoms with E-state index in [4.69, 9.17) is 5.73 Å². The van der Waals surface area contributed by atoms with Crippen LogP contribution in [-0.4, -0.2) is 26.7 Å². The number of aliphatic imine (C=N–C) groups is 1. The van der Waals surface area contributed by atoms with E-state index < -0.39 is 9.84 Å². The third-order valence-electron chi connectivity index (χ3n) is 3.77. The van der Waals surface area contributed by atoms with E-state index in [9.17, 15) is 8.42 Å². The summed E-state index contributed by atoms with van der Waals surface area (Å²) in [6, 6.07) is 7.72. The van der Waals surface area contributed by atoms with Gasteiger partial charge in [0.2, 0.25) is 0 Å². The fraction of sp³-hybridized carbons (Fsp3) is 0.611. The van der Waals surface area contributed by atoms with Crippen LogP contribution in [-0.2, 0) is 22.1 Å². The highest BCUT2D eigenvalue weighted by Crippen LogP contribution is 2.13. The molecule has 0 fully saturated rings. The van der Waals surface area contributed by atoms with Crippen molar-refractivity contribution in [1.82, 2.24) is 5.32 Å². The Labute approximate surface area is 169 Å². The van der Waals surface area contributed by atoms with Crippen molar-refractivity contribution in [3.63, 3.8) is 0 Å². The van der Waals surface area contributed by atoms with Gasteiger partial charge in [0.25, 0.3) is 0 Å². The second kappa shape index (κ2) is 11.7. The first-order chi connectivity index (χ1) is 11.2. The quantitative estimate of drug-likeness (QED) is 0.322. The minimum absolute atomic E-state index is 0. The predicted octanol–water partition coefficient (Wildman–Crippen LogP) is 3.47. The molecule has 1 atom stereocenters. The second-order valence-electron chi connectivity index (χ2n) is 6.91. The van der Waals surface area contributed by atoms with E-state index in [1.54, 1.807) is 0 Å². The van der Waals surface area contributed by atoms with Gasteiger partial charge in [-0.3, -0.25) is 0 Å². The largest absolute Gasteiger partial charge is 0.370 e. The first kappa shape index (κ1) is 24.2.